The van der Waals surface area contributed by atoms with Crippen molar-refractivity contribution < 1.29 is 9.53 Å². The number of aromatic nitrogens is 2. The number of hydrogen-bond donors (Lipinski definition) is 0. The van der Waals surface area contributed by atoms with Crippen molar-refractivity contribution in [1.82, 2.24) is 9.78 Å². The van der Waals surface area contributed by atoms with Gasteiger partial charge in [-0.25, -0.2) is 0 Å². The maximum atomic E-state index is 12.1. The second-order valence-electron chi connectivity index (χ2n) is 6.21. The molecule has 0 aliphatic heterocycles. The smallest absolute Gasteiger partial charge is 0.327 e. The molecule has 1 heterocycles. The molecule has 0 saturated heterocycles. The molecule has 0 unspecified atom stereocenters. The summed E-state index contributed by atoms with van der Waals surface area (Å²) in [6, 6.07) is 16.4. The molecular formula is C21H21BrN2O2. The SMILES string of the molecule is CCOC(=O)Cn1nc(-c2ccc(C)cc2)c(Br)c1-c1ccc(C)cc1. The quantitative estimate of drug-likeness (QED) is 0.543. The number of benzene rings is 2. The lowest BCUT2D eigenvalue weighted by Crippen LogP contribution is -2.15. The summed E-state index contributed by atoms with van der Waals surface area (Å²) in [5.41, 5.74) is 6.05. The summed E-state index contributed by atoms with van der Waals surface area (Å²) >= 11 is 3.71. The van der Waals surface area contributed by atoms with Crippen LogP contribution in [0.4, 0.5) is 0 Å². The molecule has 4 nitrogen and oxygen atoms in total. The minimum atomic E-state index is -0.300. The Balaban J connectivity index is 2.11. The highest BCUT2D eigenvalue weighted by Crippen LogP contribution is 2.36. The summed E-state index contributed by atoms with van der Waals surface area (Å²) in [7, 11) is 0. The number of hydrogen-bond acceptors (Lipinski definition) is 3. The van der Waals surface area contributed by atoms with Gasteiger partial charge in [-0.3, -0.25) is 9.48 Å². The summed E-state index contributed by atoms with van der Waals surface area (Å²) in [6.45, 7) is 6.32. The molecule has 0 spiro atoms. The molecule has 3 rings (SSSR count). The molecule has 0 saturated carbocycles. The van der Waals surface area contributed by atoms with Gasteiger partial charge in [0.25, 0.3) is 0 Å². The van der Waals surface area contributed by atoms with E-state index in [0.717, 1.165) is 27.0 Å². The summed E-state index contributed by atoms with van der Waals surface area (Å²) in [4.78, 5) is 12.1. The van der Waals surface area contributed by atoms with Gasteiger partial charge in [0, 0.05) is 11.1 Å². The molecule has 0 amide bonds. The molecule has 2 aromatic carbocycles. The topological polar surface area (TPSA) is 44.1 Å². The summed E-state index contributed by atoms with van der Waals surface area (Å²) in [6.07, 6.45) is 0. The fraction of sp³-hybridized carbons (Fsp3) is 0.238. The molecule has 0 radical (unpaired) electrons. The van der Waals surface area contributed by atoms with Crippen molar-refractivity contribution in [1.29, 1.82) is 0 Å². The number of ether oxygens (including phenoxy) is 1. The van der Waals surface area contributed by atoms with Gasteiger partial charge in [-0.05, 0) is 36.7 Å². The van der Waals surface area contributed by atoms with Gasteiger partial charge in [-0.2, -0.15) is 5.10 Å². The van der Waals surface area contributed by atoms with Gasteiger partial charge in [0.15, 0.2) is 0 Å². The van der Waals surface area contributed by atoms with Gasteiger partial charge in [-0.15, -0.1) is 0 Å². The number of halogens is 1. The molecule has 26 heavy (non-hydrogen) atoms. The zero-order chi connectivity index (χ0) is 18.7. The van der Waals surface area contributed by atoms with E-state index in [-0.39, 0.29) is 12.5 Å². The minimum Gasteiger partial charge on any atom is -0.465 e. The van der Waals surface area contributed by atoms with Crippen molar-refractivity contribution in [2.75, 3.05) is 6.61 Å². The Morgan fingerprint density at radius 1 is 1.00 bits per heavy atom. The Kier molecular flexibility index (Phi) is 5.57. The van der Waals surface area contributed by atoms with E-state index in [2.05, 4.69) is 47.1 Å². The van der Waals surface area contributed by atoms with Gasteiger partial charge in [0.05, 0.1) is 16.8 Å². The Morgan fingerprint density at radius 2 is 1.54 bits per heavy atom. The average molecular weight is 413 g/mol. The van der Waals surface area contributed by atoms with Gasteiger partial charge in [0.1, 0.15) is 12.2 Å². The molecule has 3 aromatic rings. The number of nitrogens with zero attached hydrogens (tertiary/aromatic N) is 2. The first kappa shape index (κ1) is 18.4. The highest BCUT2D eigenvalue weighted by molar-refractivity contribution is 9.10. The molecule has 0 fully saturated rings. The number of aryl methyl sites for hydroxylation is 2. The van der Waals surface area contributed by atoms with Crippen molar-refractivity contribution in [2.45, 2.75) is 27.3 Å². The van der Waals surface area contributed by atoms with Crippen LogP contribution in [0.3, 0.4) is 0 Å². The van der Waals surface area contributed by atoms with E-state index in [4.69, 9.17) is 9.84 Å². The molecule has 134 valence electrons. The fourth-order valence-electron chi connectivity index (χ4n) is 2.77. The zero-order valence-corrected chi connectivity index (χ0v) is 16.7. The highest BCUT2D eigenvalue weighted by atomic mass is 79.9. The van der Waals surface area contributed by atoms with Crippen LogP contribution in [0.5, 0.6) is 0 Å². The fourth-order valence-corrected chi connectivity index (χ4v) is 3.51. The van der Waals surface area contributed by atoms with Gasteiger partial charge in [0.2, 0.25) is 0 Å². The third-order valence-corrected chi connectivity index (χ3v) is 4.88. The Hall–Kier alpha value is -2.40. The van der Waals surface area contributed by atoms with Crippen LogP contribution >= 0.6 is 15.9 Å². The molecule has 0 atom stereocenters. The first-order chi connectivity index (χ1) is 12.5. The molecule has 0 N–H and O–H groups in total. The lowest BCUT2D eigenvalue weighted by atomic mass is 10.1. The van der Waals surface area contributed by atoms with Crippen molar-refractivity contribution in [3.63, 3.8) is 0 Å². The summed E-state index contributed by atoms with van der Waals surface area (Å²) in [5, 5.41) is 4.70. The lowest BCUT2D eigenvalue weighted by Gasteiger charge is -2.08. The minimum absolute atomic E-state index is 0.0709. The Bertz CT molecular complexity index is 912. The van der Waals surface area contributed by atoms with Gasteiger partial charge < -0.3 is 4.74 Å². The van der Waals surface area contributed by atoms with Gasteiger partial charge >= 0.3 is 5.97 Å². The van der Waals surface area contributed by atoms with Crippen LogP contribution in [0.15, 0.2) is 53.0 Å². The van der Waals surface area contributed by atoms with Crippen molar-refractivity contribution in [2.24, 2.45) is 0 Å². The van der Waals surface area contributed by atoms with Crippen molar-refractivity contribution >= 4 is 21.9 Å². The van der Waals surface area contributed by atoms with E-state index in [1.165, 1.54) is 11.1 Å². The van der Waals surface area contributed by atoms with E-state index < -0.39 is 0 Å². The number of rotatable bonds is 5. The average Bonchev–Trinajstić information content (AvgIpc) is 2.93. The van der Waals surface area contributed by atoms with Crippen LogP contribution in [0.25, 0.3) is 22.5 Å². The molecule has 0 bridgehead atoms. The molecule has 0 aliphatic rings. The van der Waals surface area contributed by atoms with Crippen LogP contribution in [0.1, 0.15) is 18.1 Å². The van der Waals surface area contributed by atoms with E-state index in [1.807, 2.05) is 31.2 Å². The van der Waals surface area contributed by atoms with Crippen molar-refractivity contribution in [3.8, 4) is 22.5 Å². The second-order valence-corrected chi connectivity index (χ2v) is 7.00. The molecule has 1 aromatic heterocycles. The zero-order valence-electron chi connectivity index (χ0n) is 15.1. The summed E-state index contributed by atoms with van der Waals surface area (Å²) in [5.74, 6) is -0.300. The first-order valence-corrected chi connectivity index (χ1v) is 9.35. The maximum absolute atomic E-state index is 12.1. The number of carbonyl (C=O) groups excluding carboxylic acids is 1. The van der Waals surface area contributed by atoms with E-state index >= 15 is 0 Å². The third-order valence-electron chi connectivity index (χ3n) is 4.13. The molecular weight excluding hydrogens is 392 g/mol. The normalized spacial score (nSPS) is 10.8. The Morgan fingerprint density at radius 3 is 2.08 bits per heavy atom. The second kappa shape index (κ2) is 7.87. The lowest BCUT2D eigenvalue weighted by molar-refractivity contribution is -0.144. The largest absolute Gasteiger partial charge is 0.465 e. The highest BCUT2D eigenvalue weighted by Gasteiger charge is 2.20. The van der Waals surface area contributed by atoms with E-state index in [9.17, 15) is 4.79 Å². The van der Waals surface area contributed by atoms with Crippen molar-refractivity contribution in [3.05, 3.63) is 64.1 Å². The standard InChI is InChI=1S/C21H21BrN2O2/c1-4-26-18(25)13-24-21(17-11-7-15(3)8-12-17)19(22)20(23-24)16-9-5-14(2)6-10-16/h5-12H,4,13H2,1-3H3. The monoisotopic (exact) mass is 412 g/mol. The van der Waals surface area contributed by atoms with Crippen LogP contribution in [0, 0.1) is 13.8 Å². The first-order valence-electron chi connectivity index (χ1n) is 8.55. The van der Waals surface area contributed by atoms with Crippen LogP contribution < -0.4 is 0 Å². The van der Waals surface area contributed by atoms with Crippen LogP contribution in [-0.4, -0.2) is 22.4 Å². The molecule has 0 aliphatic carbocycles. The summed E-state index contributed by atoms with van der Waals surface area (Å²) < 4.78 is 7.69. The van der Waals surface area contributed by atoms with Crippen LogP contribution in [0.2, 0.25) is 0 Å². The third kappa shape index (κ3) is 3.88. The Labute approximate surface area is 161 Å². The van der Waals surface area contributed by atoms with E-state index in [1.54, 1.807) is 11.6 Å². The molecule has 5 heteroatoms. The number of carbonyl (C=O) groups is 1. The number of esters is 1. The predicted molar refractivity (Wildman–Crippen MR) is 107 cm³/mol. The maximum Gasteiger partial charge on any atom is 0.327 e. The van der Waals surface area contributed by atoms with E-state index in [0.29, 0.717) is 6.61 Å². The predicted octanol–water partition coefficient (Wildman–Crippen LogP) is 5.16. The van der Waals surface area contributed by atoms with Crippen LogP contribution in [-0.2, 0) is 16.1 Å². The van der Waals surface area contributed by atoms with Gasteiger partial charge in [-0.1, -0.05) is 59.7 Å².